The fourth-order valence-corrected chi connectivity index (χ4v) is 4.53. The second kappa shape index (κ2) is 10.1. The number of nitrogens with zero attached hydrogens (tertiary/aromatic N) is 3. The molecule has 0 bridgehead atoms. The standard InChI is InChI=1S/C20H21BrN4OS2/c1-14-6-8-15(9-7-14)11-27-12-18-23-24-20(25(18)2)28-13-19(26)22-17-5-3-4-16(21)10-17/h3-10H,11-13H2,1-2H3,(H,22,26). The van der Waals surface area contributed by atoms with Gasteiger partial charge in [-0.25, -0.2) is 0 Å². The van der Waals surface area contributed by atoms with E-state index >= 15 is 0 Å². The van der Waals surface area contributed by atoms with E-state index in [-0.39, 0.29) is 11.7 Å². The van der Waals surface area contributed by atoms with Gasteiger partial charge in [-0.2, -0.15) is 0 Å². The third kappa shape index (κ3) is 6.12. The van der Waals surface area contributed by atoms with Crippen molar-refractivity contribution in [3.8, 4) is 0 Å². The average molecular weight is 477 g/mol. The number of carbonyl (C=O) groups excluding carboxylic acids is 1. The highest BCUT2D eigenvalue weighted by atomic mass is 79.9. The fourth-order valence-electron chi connectivity index (χ4n) is 2.43. The monoisotopic (exact) mass is 476 g/mol. The molecule has 0 saturated carbocycles. The summed E-state index contributed by atoms with van der Waals surface area (Å²) in [5.41, 5.74) is 3.34. The van der Waals surface area contributed by atoms with E-state index < -0.39 is 0 Å². The number of anilines is 1. The molecule has 2 aromatic carbocycles. The molecular formula is C20H21BrN4OS2. The van der Waals surface area contributed by atoms with E-state index in [9.17, 15) is 4.79 Å². The van der Waals surface area contributed by atoms with Gasteiger partial charge in [0.25, 0.3) is 0 Å². The van der Waals surface area contributed by atoms with Gasteiger partial charge >= 0.3 is 0 Å². The lowest BCUT2D eigenvalue weighted by Crippen LogP contribution is -2.14. The zero-order chi connectivity index (χ0) is 19.9. The number of hydrogen-bond donors (Lipinski definition) is 1. The molecule has 0 aliphatic carbocycles. The van der Waals surface area contributed by atoms with Gasteiger partial charge in [-0.15, -0.1) is 22.0 Å². The minimum absolute atomic E-state index is 0.0682. The van der Waals surface area contributed by atoms with Crippen molar-refractivity contribution in [2.24, 2.45) is 7.05 Å². The van der Waals surface area contributed by atoms with Gasteiger partial charge in [0.2, 0.25) is 5.91 Å². The number of rotatable bonds is 8. The quantitative estimate of drug-likeness (QED) is 0.460. The van der Waals surface area contributed by atoms with Gasteiger partial charge in [0.15, 0.2) is 5.16 Å². The summed E-state index contributed by atoms with van der Waals surface area (Å²) in [4.78, 5) is 12.2. The number of benzene rings is 2. The summed E-state index contributed by atoms with van der Waals surface area (Å²) in [6, 6.07) is 16.1. The largest absolute Gasteiger partial charge is 0.325 e. The molecule has 3 aromatic rings. The Hall–Kier alpha value is -1.77. The summed E-state index contributed by atoms with van der Waals surface area (Å²) < 4.78 is 2.89. The average Bonchev–Trinajstić information content (AvgIpc) is 3.02. The minimum atomic E-state index is -0.0682. The molecule has 28 heavy (non-hydrogen) atoms. The normalized spacial score (nSPS) is 10.8. The molecule has 0 radical (unpaired) electrons. The number of nitrogens with one attached hydrogen (secondary N) is 1. The summed E-state index contributed by atoms with van der Waals surface area (Å²) in [5.74, 6) is 2.84. The first kappa shape index (κ1) is 21.0. The lowest BCUT2D eigenvalue weighted by molar-refractivity contribution is -0.113. The van der Waals surface area contributed by atoms with Crippen molar-refractivity contribution in [3.63, 3.8) is 0 Å². The van der Waals surface area contributed by atoms with Crippen molar-refractivity contribution in [3.05, 3.63) is 70.0 Å². The van der Waals surface area contributed by atoms with Crippen molar-refractivity contribution in [1.82, 2.24) is 14.8 Å². The van der Waals surface area contributed by atoms with E-state index in [1.165, 1.54) is 22.9 Å². The maximum Gasteiger partial charge on any atom is 0.234 e. The SMILES string of the molecule is Cc1ccc(CSCc2nnc(SCC(=O)Nc3cccc(Br)c3)n2C)cc1. The Morgan fingerprint density at radius 3 is 2.68 bits per heavy atom. The number of aromatic nitrogens is 3. The molecule has 0 aliphatic rings. The third-order valence-corrected chi connectivity index (χ3v) is 6.50. The number of hydrogen-bond acceptors (Lipinski definition) is 5. The molecule has 5 nitrogen and oxygen atoms in total. The Balaban J connectivity index is 1.47. The first-order valence-corrected chi connectivity index (χ1v) is 11.6. The van der Waals surface area contributed by atoms with Gasteiger partial charge in [-0.3, -0.25) is 4.79 Å². The number of aryl methyl sites for hydroxylation is 1. The number of halogens is 1. The molecule has 0 fully saturated rings. The Morgan fingerprint density at radius 2 is 1.93 bits per heavy atom. The zero-order valence-electron chi connectivity index (χ0n) is 15.7. The van der Waals surface area contributed by atoms with Crippen LogP contribution in [0, 0.1) is 6.92 Å². The highest BCUT2D eigenvalue weighted by molar-refractivity contribution is 9.10. The first-order valence-electron chi connectivity index (χ1n) is 8.71. The summed E-state index contributed by atoms with van der Waals surface area (Å²) in [7, 11) is 1.94. The van der Waals surface area contributed by atoms with Crippen LogP contribution in [0.2, 0.25) is 0 Å². The predicted octanol–water partition coefficient (Wildman–Crippen LogP) is 5.05. The lowest BCUT2D eigenvalue weighted by atomic mass is 10.2. The second-order valence-electron chi connectivity index (χ2n) is 6.28. The topological polar surface area (TPSA) is 59.8 Å². The van der Waals surface area contributed by atoms with Crippen LogP contribution in [0.15, 0.2) is 58.2 Å². The molecule has 0 unspecified atom stereocenters. The Kier molecular flexibility index (Phi) is 7.58. The minimum Gasteiger partial charge on any atom is -0.325 e. The number of thioether (sulfide) groups is 2. The molecule has 0 aliphatic heterocycles. The van der Waals surface area contributed by atoms with Crippen LogP contribution in [-0.4, -0.2) is 26.4 Å². The van der Waals surface area contributed by atoms with Gasteiger partial charge < -0.3 is 9.88 Å². The smallest absolute Gasteiger partial charge is 0.234 e. The molecular weight excluding hydrogens is 456 g/mol. The van der Waals surface area contributed by atoms with Gasteiger partial charge in [0.05, 0.1) is 11.5 Å². The van der Waals surface area contributed by atoms with Crippen LogP contribution in [0.25, 0.3) is 0 Å². The summed E-state index contributed by atoms with van der Waals surface area (Å²) in [6.07, 6.45) is 0. The molecule has 0 spiro atoms. The first-order chi connectivity index (χ1) is 13.5. The van der Waals surface area contributed by atoms with E-state index in [0.717, 1.165) is 32.6 Å². The van der Waals surface area contributed by atoms with Crippen LogP contribution in [0.4, 0.5) is 5.69 Å². The summed E-state index contributed by atoms with van der Waals surface area (Å²) >= 11 is 6.59. The second-order valence-corrected chi connectivity index (χ2v) is 9.13. The number of carbonyl (C=O) groups is 1. The molecule has 1 N–H and O–H groups in total. The summed E-state index contributed by atoms with van der Waals surface area (Å²) in [5, 5.41) is 12.1. The van der Waals surface area contributed by atoms with Crippen molar-refractivity contribution in [1.29, 1.82) is 0 Å². The van der Waals surface area contributed by atoms with Crippen LogP contribution in [0.1, 0.15) is 17.0 Å². The van der Waals surface area contributed by atoms with E-state index in [2.05, 4.69) is 62.6 Å². The molecule has 1 amide bonds. The van der Waals surface area contributed by atoms with Gasteiger partial charge in [0, 0.05) is 23.0 Å². The molecule has 1 heterocycles. The molecule has 1 aromatic heterocycles. The zero-order valence-corrected chi connectivity index (χ0v) is 18.9. The maximum atomic E-state index is 12.2. The number of amides is 1. The van der Waals surface area contributed by atoms with Crippen LogP contribution in [0.3, 0.4) is 0 Å². The Bertz CT molecular complexity index is 944. The maximum absolute atomic E-state index is 12.2. The van der Waals surface area contributed by atoms with Crippen LogP contribution in [0.5, 0.6) is 0 Å². The van der Waals surface area contributed by atoms with E-state index in [1.807, 2.05) is 35.9 Å². The molecule has 146 valence electrons. The van der Waals surface area contributed by atoms with Crippen LogP contribution in [-0.2, 0) is 23.3 Å². The van der Waals surface area contributed by atoms with Crippen molar-refractivity contribution in [2.75, 3.05) is 11.1 Å². The third-order valence-electron chi connectivity index (χ3n) is 3.99. The molecule has 0 saturated heterocycles. The van der Waals surface area contributed by atoms with E-state index in [4.69, 9.17) is 0 Å². The highest BCUT2D eigenvalue weighted by Crippen LogP contribution is 2.21. The van der Waals surface area contributed by atoms with E-state index in [0.29, 0.717) is 0 Å². The molecule has 8 heteroatoms. The Morgan fingerprint density at radius 1 is 1.14 bits per heavy atom. The van der Waals surface area contributed by atoms with Gasteiger partial charge in [-0.05, 0) is 30.7 Å². The lowest BCUT2D eigenvalue weighted by Gasteiger charge is -2.06. The van der Waals surface area contributed by atoms with Gasteiger partial charge in [0.1, 0.15) is 5.82 Å². The Labute approximate surface area is 181 Å². The van der Waals surface area contributed by atoms with Crippen molar-refractivity contribution >= 4 is 51.0 Å². The molecule has 3 rings (SSSR count). The van der Waals surface area contributed by atoms with Crippen LogP contribution < -0.4 is 5.32 Å². The van der Waals surface area contributed by atoms with Crippen molar-refractivity contribution in [2.45, 2.75) is 23.6 Å². The fraction of sp³-hybridized carbons (Fsp3) is 0.250. The highest BCUT2D eigenvalue weighted by Gasteiger charge is 2.12. The predicted molar refractivity (Wildman–Crippen MR) is 121 cm³/mol. The van der Waals surface area contributed by atoms with E-state index in [1.54, 1.807) is 11.8 Å². The van der Waals surface area contributed by atoms with Crippen LogP contribution >= 0.6 is 39.5 Å². The van der Waals surface area contributed by atoms with Gasteiger partial charge in [-0.1, -0.05) is 63.6 Å². The summed E-state index contributed by atoms with van der Waals surface area (Å²) in [6.45, 7) is 2.09. The molecule has 0 atom stereocenters. The van der Waals surface area contributed by atoms with Crippen molar-refractivity contribution < 1.29 is 4.79 Å².